The molecule has 1 aromatic heterocycles. The number of halogens is 1. The molecule has 3 nitrogen and oxygen atoms in total. The first kappa shape index (κ1) is 13.9. The first-order chi connectivity index (χ1) is 9.48. The maximum atomic E-state index is 9.48. The van der Waals surface area contributed by atoms with Crippen molar-refractivity contribution in [1.82, 2.24) is 4.57 Å². The molecule has 108 valence electrons. The fourth-order valence-electron chi connectivity index (χ4n) is 3.04. The lowest BCUT2D eigenvalue weighted by Gasteiger charge is -2.20. The Balaban J connectivity index is 1.93. The van der Waals surface area contributed by atoms with E-state index in [1.165, 1.54) is 0 Å². The zero-order valence-electron chi connectivity index (χ0n) is 11.9. The number of aliphatic hydroxyl groups excluding tert-OH is 1. The predicted molar refractivity (Wildman–Crippen MR) is 81.1 cm³/mol. The van der Waals surface area contributed by atoms with Crippen molar-refractivity contribution in [3.63, 3.8) is 0 Å². The van der Waals surface area contributed by atoms with E-state index in [9.17, 15) is 5.11 Å². The Morgan fingerprint density at radius 3 is 2.90 bits per heavy atom. The van der Waals surface area contributed by atoms with Crippen molar-refractivity contribution in [2.24, 2.45) is 0 Å². The monoisotopic (exact) mass is 293 g/mol. The topological polar surface area (TPSA) is 34.4 Å². The lowest BCUT2D eigenvalue weighted by molar-refractivity contribution is -0.0212. The van der Waals surface area contributed by atoms with Crippen LogP contribution >= 0.6 is 11.6 Å². The summed E-state index contributed by atoms with van der Waals surface area (Å²) >= 11 is 6.10. The van der Waals surface area contributed by atoms with Gasteiger partial charge in [-0.05, 0) is 38.8 Å². The van der Waals surface area contributed by atoms with E-state index >= 15 is 0 Å². The van der Waals surface area contributed by atoms with Crippen LogP contribution in [0.15, 0.2) is 24.4 Å². The van der Waals surface area contributed by atoms with E-state index in [1.54, 1.807) is 0 Å². The summed E-state index contributed by atoms with van der Waals surface area (Å²) in [6.45, 7) is 5.12. The molecule has 1 saturated heterocycles. The highest BCUT2D eigenvalue weighted by Gasteiger charge is 2.31. The van der Waals surface area contributed by atoms with Gasteiger partial charge in [0.15, 0.2) is 0 Å². The van der Waals surface area contributed by atoms with Gasteiger partial charge in [0.05, 0.1) is 18.3 Å². The maximum absolute atomic E-state index is 9.48. The molecule has 1 unspecified atom stereocenters. The smallest absolute Gasteiger partial charge is 0.0762 e. The quantitative estimate of drug-likeness (QED) is 0.935. The van der Waals surface area contributed by atoms with Crippen LogP contribution in [0.5, 0.6) is 0 Å². The fourth-order valence-corrected chi connectivity index (χ4v) is 3.21. The highest BCUT2D eigenvalue weighted by Crippen LogP contribution is 2.32. The standard InChI is InChI=1S/C16H20ClNO2/c1-16(2)6-5-13(20-16)9-18-8-11(10-19)14-4-3-12(17)7-15(14)18/h3-4,7-8,13,19H,5-6,9-10H2,1-2H3. The van der Waals surface area contributed by atoms with Gasteiger partial charge in [0, 0.05) is 34.2 Å². The van der Waals surface area contributed by atoms with Gasteiger partial charge in [-0.1, -0.05) is 17.7 Å². The van der Waals surface area contributed by atoms with Gasteiger partial charge < -0.3 is 14.4 Å². The van der Waals surface area contributed by atoms with Crippen LogP contribution in [0, 0.1) is 0 Å². The molecule has 0 spiro atoms. The summed E-state index contributed by atoms with van der Waals surface area (Å²) in [4.78, 5) is 0. The first-order valence-electron chi connectivity index (χ1n) is 7.04. The molecule has 1 aliphatic rings. The van der Waals surface area contributed by atoms with E-state index in [1.807, 2.05) is 24.4 Å². The largest absolute Gasteiger partial charge is 0.392 e. The van der Waals surface area contributed by atoms with Crippen LogP contribution in [-0.4, -0.2) is 21.4 Å². The van der Waals surface area contributed by atoms with Crippen molar-refractivity contribution >= 4 is 22.5 Å². The molecule has 20 heavy (non-hydrogen) atoms. The number of fused-ring (bicyclic) bond motifs is 1. The van der Waals surface area contributed by atoms with E-state index < -0.39 is 0 Å². The number of aromatic nitrogens is 1. The first-order valence-corrected chi connectivity index (χ1v) is 7.42. The predicted octanol–water partition coefficient (Wildman–Crippen LogP) is 3.74. The third-order valence-electron chi connectivity index (χ3n) is 4.05. The summed E-state index contributed by atoms with van der Waals surface area (Å²) in [6.07, 6.45) is 4.40. The zero-order chi connectivity index (χ0) is 14.3. The molecule has 0 aliphatic carbocycles. The lowest BCUT2D eigenvalue weighted by Crippen LogP contribution is -2.22. The Hall–Kier alpha value is -1.03. The van der Waals surface area contributed by atoms with E-state index in [2.05, 4.69) is 18.4 Å². The molecular weight excluding hydrogens is 274 g/mol. The van der Waals surface area contributed by atoms with E-state index in [4.69, 9.17) is 16.3 Å². The van der Waals surface area contributed by atoms with Crippen molar-refractivity contribution in [1.29, 1.82) is 0 Å². The van der Waals surface area contributed by atoms with Gasteiger partial charge in [-0.15, -0.1) is 0 Å². The van der Waals surface area contributed by atoms with E-state index in [0.717, 1.165) is 35.9 Å². The van der Waals surface area contributed by atoms with Crippen LogP contribution < -0.4 is 0 Å². The highest BCUT2D eigenvalue weighted by atomic mass is 35.5. The minimum absolute atomic E-state index is 0.0227. The second-order valence-corrected chi connectivity index (χ2v) is 6.60. The molecule has 0 amide bonds. The number of hydrogen-bond donors (Lipinski definition) is 1. The number of benzene rings is 1. The van der Waals surface area contributed by atoms with Gasteiger partial charge in [-0.2, -0.15) is 0 Å². The van der Waals surface area contributed by atoms with Crippen molar-refractivity contribution < 1.29 is 9.84 Å². The molecule has 0 bridgehead atoms. The molecule has 1 fully saturated rings. The molecule has 3 rings (SSSR count). The second-order valence-electron chi connectivity index (χ2n) is 6.16. The average Bonchev–Trinajstić information content (AvgIpc) is 2.90. The summed E-state index contributed by atoms with van der Waals surface area (Å²) in [5.74, 6) is 0. The minimum Gasteiger partial charge on any atom is -0.392 e. The SMILES string of the molecule is CC1(C)CCC(Cn2cc(CO)c3ccc(Cl)cc32)O1. The molecule has 1 N–H and O–H groups in total. The Morgan fingerprint density at radius 1 is 1.45 bits per heavy atom. The number of aliphatic hydroxyl groups is 1. The summed E-state index contributed by atoms with van der Waals surface area (Å²) < 4.78 is 8.21. The van der Waals surface area contributed by atoms with Gasteiger partial charge in [-0.3, -0.25) is 0 Å². The molecule has 1 atom stereocenters. The summed E-state index contributed by atoms with van der Waals surface area (Å²) in [5, 5.41) is 11.3. The minimum atomic E-state index is -0.0227. The Morgan fingerprint density at radius 2 is 2.25 bits per heavy atom. The van der Waals surface area contributed by atoms with Crippen LogP contribution in [0.4, 0.5) is 0 Å². The zero-order valence-corrected chi connectivity index (χ0v) is 12.7. The highest BCUT2D eigenvalue weighted by molar-refractivity contribution is 6.31. The van der Waals surface area contributed by atoms with Gasteiger partial charge >= 0.3 is 0 Å². The number of rotatable bonds is 3. The molecular formula is C16H20ClNO2. The molecule has 1 aromatic carbocycles. The van der Waals surface area contributed by atoms with Gasteiger partial charge in [0.2, 0.25) is 0 Å². The van der Waals surface area contributed by atoms with Gasteiger partial charge in [0.25, 0.3) is 0 Å². The van der Waals surface area contributed by atoms with Crippen LogP contribution in [0.25, 0.3) is 10.9 Å². The second kappa shape index (κ2) is 5.06. The van der Waals surface area contributed by atoms with Crippen LogP contribution in [0.2, 0.25) is 5.02 Å². The normalized spacial score (nSPS) is 21.7. The molecule has 2 heterocycles. The molecule has 0 saturated carbocycles. The van der Waals surface area contributed by atoms with Crippen molar-refractivity contribution in [2.75, 3.05) is 0 Å². The van der Waals surface area contributed by atoms with Crippen molar-refractivity contribution in [2.45, 2.75) is 51.5 Å². The summed E-state index contributed by atoms with van der Waals surface area (Å²) in [7, 11) is 0. The summed E-state index contributed by atoms with van der Waals surface area (Å²) in [6, 6.07) is 5.79. The third kappa shape index (κ3) is 2.58. The van der Waals surface area contributed by atoms with Crippen LogP contribution in [-0.2, 0) is 17.9 Å². The molecule has 4 heteroatoms. The Labute approximate surface area is 124 Å². The van der Waals surface area contributed by atoms with Crippen molar-refractivity contribution in [3.05, 3.63) is 35.0 Å². The van der Waals surface area contributed by atoms with Gasteiger partial charge in [-0.25, -0.2) is 0 Å². The fraction of sp³-hybridized carbons (Fsp3) is 0.500. The van der Waals surface area contributed by atoms with E-state index in [-0.39, 0.29) is 18.3 Å². The number of ether oxygens (including phenoxy) is 1. The van der Waals surface area contributed by atoms with E-state index in [0.29, 0.717) is 5.02 Å². The maximum Gasteiger partial charge on any atom is 0.0762 e. The molecule has 2 aromatic rings. The van der Waals surface area contributed by atoms with Crippen molar-refractivity contribution in [3.8, 4) is 0 Å². The number of nitrogens with zero attached hydrogens (tertiary/aromatic N) is 1. The lowest BCUT2D eigenvalue weighted by atomic mass is 10.1. The molecule has 1 aliphatic heterocycles. The van der Waals surface area contributed by atoms with Crippen LogP contribution in [0.1, 0.15) is 32.3 Å². The Bertz CT molecular complexity index is 633. The average molecular weight is 294 g/mol. The van der Waals surface area contributed by atoms with Crippen LogP contribution in [0.3, 0.4) is 0 Å². The summed E-state index contributed by atoms with van der Waals surface area (Å²) in [5.41, 5.74) is 1.98. The number of hydrogen-bond acceptors (Lipinski definition) is 2. The third-order valence-corrected chi connectivity index (χ3v) is 4.29. The molecule has 0 radical (unpaired) electrons. The van der Waals surface area contributed by atoms with Gasteiger partial charge in [0.1, 0.15) is 0 Å². The Kier molecular flexibility index (Phi) is 3.53.